The van der Waals surface area contributed by atoms with E-state index in [-0.39, 0.29) is 29.5 Å². The van der Waals surface area contributed by atoms with E-state index in [1.165, 1.54) is 19.2 Å². The predicted molar refractivity (Wildman–Crippen MR) is 107 cm³/mol. The van der Waals surface area contributed by atoms with E-state index in [1.54, 1.807) is 31.2 Å². The van der Waals surface area contributed by atoms with Crippen LogP contribution in [0.25, 0.3) is 0 Å². The lowest BCUT2D eigenvalue weighted by Gasteiger charge is -2.27. The van der Waals surface area contributed by atoms with Crippen molar-refractivity contribution in [1.29, 1.82) is 0 Å². The van der Waals surface area contributed by atoms with Crippen LogP contribution in [0.5, 0.6) is 5.75 Å². The molecule has 2 N–H and O–H groups in total. The van der Waals surface area contributed by atoms with Crippen molar-refractivity contribution in [2.45, 2.75) is 12.5 Å². The topological polar surface area (TPSA) is 120 Å². The Kier molecular flexibility index (Phi) is 7.52. The number of rotatable bonds is 9. The highest BCUT2D eigenvalue weighted by Crippen LogP contribution is 2.27. The summed E-state index contributed by atoms with van der Waals surface area (Å²) in [7, 11) is 1.23. The number of halogens is 1. The molecule has 1 atom stereocenters. The normalized spacial score (nSPS) is 12.5. The number of carbonyl (C=O) groups is 2. The molecule has 0 aromatic heterocycles. The Morgan fingerprint density at radius 1 is 1.21 bits per heavy atom. The second-order valence-corrected chi connectivity index (χ2v) is 6.66. The second-order valence-electron chi connectivity index (χ2n) is 6.25. The molecule has 0 fully saturated rings. The predicted octanol–water partition coefficient (Wildman–Crippen LogP) is 2.79. The molecular formula is C19H20ClN3O6. The van der Waals surface area contributed by atoms with E-state index in [9.17, 15) is 19.7 Å². The Morgan fingerprint density at radius 2 is 1.90 bits per heavy atom. The number of nitrogens with one attached hydrogen (secondary N) is 2. The molecule has 0 aliphatic carbocycles. The number of anilines is 1. The van der Waals surface area contributed by atoms with Crippen molar-refractivity contribution < 1.29 is 24.0 Å². The van der Waals surface area contributed by atoms with Crippen molar-refractivity contribution in [2.24, 2.45) is 0 Å². The zero-order chi connectivity index (χ0) is 21.4. The standard InChI is InChI=1S/C19H20ClN3O6/c1-19(18(25)28-2,12-29-14-6-4-3-5-7-14)21-11-17(24)22-13-8-9-15(20)16(10-13)23(26)27/h3-10,21H,11-12H2,1-2H3,(H,22,24). The monoisotopic (exact) mass is 421 g/mol. The number of carbonyl (C=O) groups excluding carboxylic acids is 2. The minimum Gasteiger partial charge on any atom is -0.491 e. The molecule has 2 rings (SSSR count). The molecule has 0 radical (unpaired) electrons. The largest absolute Gasteiger partial charge is 0.491 e. The van der Waals surface area contributed by atoms with E-state index in [2.05, 4.69) is 10.6 Å². The maximum atomic E-state index is 12.2. The third-order valence-electron chi connectivity index (χ3n) is 3.97. The van der Waals surface area contributed by atoms with Gasteiger partial charge in [0.15, 0.2) is 0 Å². The first-order valence-corrected chi connectivity index (χ1v) is 8.88. The number of hydrogen-bond donors (Lipinski definition) is 2. The number of nitrogens with zero attached hydrogens (tertiary/aromatic N) is 1. The fourth-order valence-corrected chi connectivity index (χ4v) is 2.55. The Morgan fingerprint density at radius 3 is 2.52 bits per heavy atom. The van der Waals surface area contributed by atoms with Gasteiger partial charge in [-0.25, -0.2) is 4.79 Å². The summed E-state index contributed by atoms with van der Waals surface area (Å²) in [4.78, 5) is 34.7. The zero-order valence-electron chi connectivity index (χ0n) is 15.8. The number of benzene rings is 2. The molecule has 0 heterocycles. The first-order valence-electron chi connectivity index (χ1n) is 8.50. The van der Waals surface area contributed by atoms with Crippen molar-refractivity contribution >= 4 is 34.9 Å². The molecular weight excluding hydrogens is 402 g/mol. The van der Waals surface area contributed by atoms with Crippen LogP contribution in [0.15, 0.2) is 48.5 Å². The number of para-hydroxylation sites is 1. The molecule has 1 unspecified atom stereocenters. The van der Waals surface area contributed by atoms with Crippen molar-refractivity contribution in [1.82, 2.24) is 5.32 Å². The molecule has 154 valence electrons. The molecule has 29 heavy (non-hydrogen) atoms. The van der Waals surface area contributed by atoms with E-state index < -0.39 is 22.3 Å². The van der Waals surface area contributed by atoms with Crippen LogP contribution >= 0.6 is 11.6 Å². The van der Waals surface area contributed by atoms with Gasteiger partial charge in [-0.1, -0.05) is 29.8 Å². The average molecular weight is 422 g/mol. The van der Waals surface area contributed by atoms with Gasteiger partial charge in [-0.2, -0.15) is 0 Å². The molecule has 0 saturated carbocycles. The SMILES string of the molecule is COC(=O)C(C)(COc1ccccc1)NCC(=O)Nc1ccc(Cl)c([N+](=O)[O-])c1. The number of hydrogen-bond acceptors (Lipinski definition) is 7. The average Bonchev–Trinajstić information content (AvgIpc) is 2.72. The van der Waals surface area contributed by atoms with Crippen LogP contribution < -0.4 is 15.4 Å². The van der Waals surface area contributed by atoms with E-state index in [4.69, 9.17) is 21.1 Å². The summed E-state index contributed by atoms with van der Waals surface area (Å²) in [6, 6.07) is 12.8. The van der Waals surface area contributed by atoms with Crippen LogP contribution in [-0.2, 0) is 14.3 Å². The van der Waals surface area contributed by atoms with E-state index >= 15 is 0 Å². The van der Waals surface area contributed by atoms with Gasteiger partial charge in [0.25, 0.3) is 5.69 Å². The van der Waals surface area contributed by atoms with Crippen molar-refractivity contribution in [2.75, 3.05) is 25.6 Å². The minimum absolute atomic E-state index is 0.0394. The number of ether oxygens (including phenoxy) is 2. The van der Waals surface area contributed by atoms with Gasteiger partial charge >= 0.3 is 5.97 Å². The summed E-state index contributed by atoms with van der Waals surface area (Å²) in [6.45, 7) is 1.20. The van der Waals surface area contributed by atoms with Gasteiger partial charge in [-0.05, 0) is 31.2 Å². The molecule has 1 amide bonds. The van der Waals surface area contributed by atoms with Crippen LogP contribution in [0.3, 0.4) is 0 Å². The quantitative estimate of drug-likeness (QED) is 0.363. The maximum absolute atomic E-state index is 12.2. The molecule has 0 saturated heterocycles. The summed E-state index contributed by atoms with van der Waals surface area (Å²) in [5.41, 5.74) is -1.42. The first-order chi connectivity index (χ1) is 13.7. The number of amides is 1. The molecule has 0 spiro atoms. The van der Waals surface area contributed by atoms with Gasteiger partial charge in [0.2, 0.25) is 5.91 Å². The minimum atomic E-state index is -1.30. The lowest BCUT2D eigenvalue weighted by Crippen LogP contribution is -2.56. The fourth-order valence-electron chi connectivity index (χ4n) is 2.36. The highest BCUT2D eigenvalue weighted by atomic mass is 35.5. The molecule has 0 bridgehead atoms. The van der Waals surface area contributed by atoms with Gasteiger partial charge in [-0.3, -0.25) is 20.2 Å². The number of esters is 1. The van der Waals surface area contributed by atoms with E-state index in [0.717, 1.165) is 6.07 Å². The summed E-state index contributed by atoms with van der Waals surface area (Å²) >= 11 is 5.75. The molecule has 9 nitrogen and oxygen atoms in total. The molecule has 0 aliphatic heterocycles. The Hall–Kier alpha value is -3.17. The van der Waals surface area contributed by atoms with Crippen molar-refractivity contribution in [3.05, 3.63) is 63.7 Å². The first kappa shape index (κ1) is 22.1. The number of nitro groups is 1. The molecule has 2 aromatic rings. The van der Waals surface area contributed by atoms with E-state index in [1.807, 2.05) is 6.07 Å². The molecule has 0 aliphatic rings. The fraction of sp³-hybridized carbons (Fsp3) is 0.263. The molecule has 2 aromatic carbocycles. The van der Waals surface area contributed by atoms with E-state index in [0.29, 0.717) is 5.75 Å². The molecule has 10 heteroatoms. The maximum Gasteiger partial charge on any atom is 0.329 e. The number of methoxy groups -OCH3 is 1. The Bertz CT molecular complexity index is 893. The Labute approximate surface area is 172 Å². The van der Waals surface area contributed by atoms with Gasteiger partial charge in [0.05, 0.1) is 18.6 Å². The highest BCUT2D eigenvalue weighted by Gasteiger charge is 2.35. The third kappa shape index (κ3) is 6.16. The zero-order valence-corrected chi connectivity index (χ0v) is 16.6. The van der Waals surface area contributed by atoms with Gasteiger partial charge in [0.1, 0.15) is 22.9 Å². The van der Waals surface area contributed by atoms with Crippen molar-refractivity contribution in [3.8, 4) is 5.75 Å². The van der Waals surface area contributed by atoms with Gasteiger partial charge < -0.3 is 14.8 Å². The second kappa shape index (κ2) is 9.85. The van der Waals surface area contributed by atoms with Gasteiger partial charge in [0, 0.05) is 11.8 Å². The number of nitro benzene ring substituents is 1. The summed E-state index contributed by atoms with van der Waals surface area (Å²) in [6.07, 6.45) is 0. The summed E-state index contributed by atoms with van der Waals surface area (Å²) in [5, 5.41) is 16.2. The van der Waals surface area contributed by atoms with Crippen LogP contribution in [-0.4, -0.2) is 42.6 Å². The summed E-state index contributed by atoms with van der Waals surface area (Å²) in [5.74, 6) is -0.567. The lowest BCUT2D eigenvalue weighted by molar-refractivity contribution is -0.384. The lowest BCUT2D eigenvalue weighted by atomic mass is 10.0. The van der Waals surface area contributed by atoms with Crippen LogP contribution in [0.4, 0.5) is 11.4 Å². The van der Waals surface area contributed by atoms with Crippen LogP contribution in [0.2, 0.25) is 5.02 Å². The summed E-state index contributed by atoms with van der Waals surface area (Å²) < 4.78 is 10.4. The smallest absolute Gasteiger partial charge is 0.329 e. The van der Waals surface area contributed by atoms with Gasteiger partial charge in [-0.15, -0.1) is 0 Å². The van der Waals surface area contributed by atoms with Crippen LogP contribution in [0, 0.1) is 10.1 Å². The van der Waals surface area contributed by atoms with Crippen LogP contribution in [0.1, 0.15) is 6.92 Å². The Balaban J connectivity index is 2.01. The van der Waals surface area contributed by atoms with Crippen molar-refractivity contribution in [3.63, 3.8) is 0 Å². The highest BCUT2D eigenvalue weighted by molar-refractivity contribution is 6.32. The third-order valence-corrected chi connectivity index (χ3v) is 4.29.